The smallest absolute Gasteiger partial charge is 0.232 e. The second-order valence-corrected chi connectivity index (χ2v) is 0.589. The van der Waals surface area contributed by atoms with Crippen LogP contribution in [-0.4, -0.2) is 12.2 Å². The second-order valence-electron chi connectivity index (χ2n) is 0.589. The molecule has 1 N–H and O–H groups in total. The fourth-order valence-corrected chi connectivity index (χ4v) is 0.0668. The van der Waals surface area contributed by atoms with Crippen LogP contribution >= 0.6 is 0 Å². The van der Waals surface area contributed by atoms with E-state index in [0.29, 0.717) is 0 Å². The third-order valence-electron chi connectivity index (χ3n) is 0.189. The average Bonchev–Trinajstić information content (AvgIpc) is 1.61. The van der Waals surface area contributed by atoms with Gasteiger partial charge in [-0.15, -0.1) is 4.39 Å². The first kappa shape index (κ1) is 5.78. The summed E-state index contributed by atoms with van der Waals surface area (Å²) in [5.41, 5.74) is 1.19. The van der Waals surface area contributed by atoms with Gasteiger partial charge in [0.1, 0.15) is 0 Å². The minimum atomic E-state index is -1.87. The Morgan fingerprint density at radius 2 is 2.43 bits per heavy atom. The zero-order valence-corrected chi connectivity index (χ0v) is 3.14. The Hall–Kier alpha value is -1.22. The highest BCUT2D eigenvalue weighted by molar-refractivity contribution is 5.65. The van der Waals surface area contributed by atoms with Crippen molar-refractivity contribution in [1.29, 1.82) is 0 Å². The molecule has 0 aliphatic carbocycles. The minimum Gasteiger partial charge on any atom is -0.232 e. The summed E-state index contributed by atoms with van der Waals surface area (Å²) in [6.45, 7) is 0. The molecule has 0 radical (unpaired) electrons. The summed E-state index contributed by atoms with van der Waals surface area (Å²) in [7, 11) is 0. The van der Waals surface area contributed by atoms with Gasteiger partial charge in [-0.2, -0.15) is 0 Å². The van der Waals surface area contributed by atoms with E-state index in [9.17, 15) is 4.39 Å². The van der Waals surface area contributed by atoms with Gasteiger partial charge < -0.3 is 0 Å². The maximum absolute atomic E-state index is 10.9. The van der Waals surface area contributed by atoms with E-state index in [1.165, 1.54) is 5.43 Å². The van der Waals surface area contributed by atoms with E-state index in [2.05, 4.69) is 5.10 Å². The van der Waals surface area contributed by atoms with Crippen molar-refractivity contribution in [1.82, 2.24) is 5.43 Å². The van der Waals surface area contributed by atoms with Crippen molar-refractivity contribution < 1.29 is 14.0 Å². The summed E-state index contributed by atoms with van der Waals surface area (Å²) >= 11 is 0. The molecular formula is C2HFN2O2. The Bertz CT molecular complexity index is 117. The van der Waals surface area contributed by atoms with E-state index in [1.807, 2.05) is 0 Å². The zero-order chi connectivity index (χ0) is 5.70. The molecular weight excluding hydrogens is 103 g/mol. The van der Waals surface area contributed by atoms with Gasteiger partial charge in [0.2, 0.25) is 0 Å². The molecule has 0 saturated heterocycles. The molecule has 0 heterocycles. The second kappa shape index (κ2) is 2.99. The molecule has 0 fully saturated rings. The largest absolute Gasteiger partial charge is 0.418 e. The molecule has 5 heteroatoms. The van der Waals surface area contributed by atoms with Crippen LogP contribution in [0.25, 0.3) is 0 Å². The molecule has 0 aromatic heterocycles. The number of nitrogens with zero attached hydrogens (tertiary/aromatic N) is 1. The van der Waals surface area contributed by atoms with Crippen molar-refractivity contribution in [3.8, 4) is 0 Å². The molecule has 0 aliphatic rings. The van der Waals surface area contributed by atoms with E-state index < -0.39 is 6.16 Å². The van der Waals surface area contributed by atoms with Gasteiger partial charge in [-0.3, -0.25) is 0 Å². The quantitative estimate of drug-likeness (QED) is 0.166. The molecule has 0 saturated carbocycles. The van der Waals surface area contributed by atoms with E-state index in [1.54, 1.807) is 0 Å². The van der Waals surface area contributed by atoms with Crippen molar-refractivity contribution in [3.05, 3.63) is 0 Å². The first-order valence-electron chi connectivity index (χ1n) is 1.29. The van der Waals surface area contributed by atoms with E-state index in [-0.39, 0.29) is 0 Å². The van der Waals surface area contributed by atoms with Crippen LogP contribution < -0.4 is 5.43 Å². The van der Waals surface area contributed by atoms with Gasteiger partial charge >= 0.3 is 6.16 Å². The normalized spacial score (nSPS) is 6.43. The maximum Gasteiger partial charge on any atom is 0.418 e. The van der Waals surface area contributed by atoms with Gasteiger partial charge in [-0.25, -0.2) is 15.0 Å². The fourth-order valence-electron chi connectivity index (χ4n) is 0.0668. The van der Waals surface area contributed by atoms with Gasteiger partial charge in [0.25, 0.3) is 6.08 Å². The molecule has 4 nitrogen and oxygen atoms in total. The minimum absolute atomic E-state index is 0.902. The van der Waals surface area contributed by atoms with Crippen molar-refractivity contribution in [2.75, 3.05) is 0 Å². The first-order valence-corrected chi connectivity index (χ1v) is 1.29. The average molecular weight is 104 g/mol. The fraction of sp³-hybridized carbons (Fsp3) is 0. The van der Waals surface area contributed by atoms with E-state index in [4.69, 9.17) is 9.59 Å². The standard InChI is InChI=1S/C2HFN2O2/c3-2(7)5-4-1-6/h(H,5,7). The number of carbonyl (C=O) groups is 1. The molecule has 0 unspecified atom stereocenters. The molecule has 0 aromatic rings. The van der Waals surface area contributed by atoms with Gasteiger partial charge in [-0.1, -0.05) is 5.10 Å². The summed E-state index contributed by atoms with van der Waals surface area (Å²) in [5, 5.41) is 2.39. The lowest BCUT2D eigenvalue weighted by Gasteiger charge is -1.75. The summed E-state index contributed by atoms with van der Waals surface area (Å²) < 4.78 is 10.9. The van der Waals surface area contributed by atoms with Crippen LogP contribution in [0.15, 0.2) is 5.10 Å². The van der Waals surface area contributed by atoms with Crippen LogP contribution in [-0.2, 0) is 4.79 Å². The number of rotatable bonds is 1. The van der Waals surface area contributed by atoms with Crippen molar-refractivity contribution >= 4 is 12.2 Å². The Kier molecular flexibility index (Phi) is 2.47. The van der Waals surface area contributed by atoms with Crippen molar-refractivity contribution in [2.24, 2.45) is 5.10 Å². The van der Waals surface area contributed by atoms with Gasteiger partial charge in [0.15, 0.2) is 0 Å². The number of hydrogen-bond donors (Lipinski definition) is 1. The Balaban J connectivity index is 3.32. The summed E-state index contributed by atoms with van der Waals surface area (Å²) in [6, 6.07) is 0. The molecule has 0 aliphatic heterocycles. The van der Waals surface area contributed by atoms with Crippen LogP contribution in [0.3, 0.4) is 0 Å². The number of amides is 1. The molecule has 38 valence electrons. The molecule has 0 atom stereocenters. The Morgan fingerprint density at radius 3 is 2.57 bits per heavy atom. The van der Waals surface area contributed by atoms with Crippen LogP contribution in [0.2, 0.25) is 0 Å². The lowest BCUT2D eigenvalue weighted by molar-refractivity contribution is 0.222. The maximum atomic E-state index is 10.9. The highest BCUT2D eigenvalue weighted by Crippen LogP contribution is 1.65. The monoisotopic (exact) mass is 104 g/mol. The third kappa shape index (κ3) is 4.78. The summed E-state index contributed by atoms with van der Waals surface area (Å²) in [6.07, 6.45) is -0.970. The topological polar surface area (TPSA) is 58.5 Å². The molecule has 0 rings (SSSR count). The zero-order valence-electron chi connectivity index (χ0n) is 3.14. The number of hydrogen-bond acceptors (Lipinski definition) is 3. The summed E-state index contributed by atoms with van der Waals surface area (Å²) in [4.78, 5) is 18.2. The van der Waals surface area contributed by atoms with Crippen LogP contribution in [0.1, 0.15) is 0 Å². The first-order chi connectivity index (χ1) is 3.27. The number of hydrazone groups is 1. The molecule has 1 amide bonds. The molecule has 0 spiro atoms. The molecule has 0 bridgehead atoms. The van der Waals surface area contributed by atoms with Crippen LogP contribution in [0.5, 0.6) is 0 Å². The Labute approximate surface area is 38.0 Å². The predicted molar refractivity (Wildman–Crippen MR) is 17.8 cm³/mol. The lowest BCUT2D eigenvalue weighted by atomic mass is 11.3. The van der Waals surface area contributed by atoms with E-state index in [0.717, 1.165) is 6.08 Å². The van der Waals surface area contributed by atoms with E-state index >= 15 is 0 Å². The Morgan fingerprint density at radius 1 is 1.86 bits per heavy atom. The van der Waals surface area contributed by atoms with Crippen LogP contribution in [0.4, 0.5) is 9.18 Å². The molecule has 0 aromatic carbocycles. The lowest BCUT2D eigenvalue weighted by Crippen LogP contribution is -2.07. The van der Waals surface area contributed by atoms with Gasteiger partial charge in [-0.05, 0) is 0 Å². The van der Waals surface area contributed by atoms with Gasteiger partial charge in [0.05, 0.1) is 0 Å². The number of nitrogens with one attached hydrogen (secondary N) is 1. The van der Waals surface area contributed by atoms with Gasteiger partial charge in [0, 0.05) is 0 Å². The molecule has 7 heavy (non-hydrogen) atoms. The van der Waals surface area contributed by atoms with Crippen LogP contribution in [0, 0.1) is 0 Å². The predicted octanol–water partition coefficient (Wildman–Crippen LogP) is -0.0837. The summed E-state index contributed by atoms with van der Waals surface area (Å²) in [5.74, 6) is 0. The van der Waals surface area contributed by atoms with Crippen molar-refractivity contribution in [2.45, 2.75) is 0 Å². The number of carbonyl (C=O) groups excluding carboxylic acids is 2. The number of isocyanates is 1. The SMILES string of the molecule is O=C=NNC(=O)F. The highest BCUT2D eigenvalue weighted by atomic mass is 19.1. The number of halogens is 1. The highest BCUT2D eigenvalue weighted by Gasteiger charge is 1.86. The third-order valence-corrected chi connectivity index (χ3v) is 0.189. The van der Waals surface area contributed by atoms with Crippen molar-refractivity contribution in [3.63, 3.8) is 0 Å².